The van der Waals surface area contributed by atoms with Gasteiger partial charge in [0.15, 0.2) is 5.78 Å². The van der Waals surface area contributed by atoms with Crippen molar-refractivity contribution in [1.29, 1.82) is 0 Å². The number of nitrogens with zero attached hydrogens (tertiary/aromatic N) is 2. The zero-order chi connectivity index (χ0) is 10.9. The molecule has 84 valence electrons. The highest BCUT2D eigenvalue weighted by atomic mass is 16.1. The number of hydrogen-bond donors (Lipinski definition) is 0. The van der Waals surface area contributed by atoms with Crippen LogP contribution in [0.2, 0.25) is 0 Å². The lowest BCUT2D eigenvalue weighted by Crippen LogP contribution is -2.11. The number of ketones is 1. The molecule has 2 fully saturated rings. The van der Waals surface area contributed by atoms with Crippen molar-refractivity contribution in [1.82, 2.24) is 9.78 Å². The monoisotopic (exact) mass is 216 g/mol. The molecule has 1 heterocycles. The third kappa shape index (κ3) is 1.14. The van der Waals surface area contributed by atoms with Crippen molar-refractivity contribution in [2.24, 2.45) is 5.92 Å². The van der Waals surface area contributed by atoms with Crippen LogP contribution in [0, 0.1) is 5.92 Å². The van der Waals surface area contributed by atoms with Crippen LogP contribution in [0.25, 0.3) is 0 Å². The molecule has 0 bridgehead atoms. The summed E-state index contributed by atoms with van der Waals surface area (Å²) in [6, 6.07) is 0. The van der Waals surface area contributed by atoms with Crippen LogP contribution in [0.3, 0.4) is 0 Å². The van der Waals surface area contributed by atoms with E-state index >= 15 is 0 Å². The van der Waals surface area contributed by atoms with Crippen molar-refractivity contribution in [3.05, 3.63) is 17.0 Å². The first kappa shape index (κ1) is 8.97. The van der Waals surface area contributed by atoms with E-state index in [-0.39, 0.29) is 5.78 Å². The Morgan fingerprint density at radius 3 is 3.00 bits per heavy atom. The second-order valence-corrected chi connectivity index (χ2v) is 5.69. The molecule has 0 aromatic carbocycles. The first-order chi connectivity index (χ1) is 7.74. The topological polar surface area (TPSA) is 34.9 Å². The molecule has 2 unspecified atom stereocenters. The third-order valence-electron chi connectivity index (χ3n) is 4.21. The molecule has 2 atom stereocenters. The fraction of sp³-hybridized carbons (Fsp3) is 0.692. The smallest absolute Gasteiger partial charge is 0.151 e. The molecule has 0 N–H and O–H groups in total. The summed E-state index contributed by atoms with van der Waals surface area (Å²) in [5.41, 5.74) is 4.29. The van der Waals surface area contributed by atoms with Gasteiger partial charge in [-0.3, -0.25) is 9.48 Å². The van der Waals surface area contributed by atoms with Crippen LogP contribution in [-0.4, -0.2) is 15.6 Å². The van der Waals surface area contributed by atoms with E-state index in [2.05, 4.69) is 0 Å². The standard InChI is InChI=1S/C13H16N2O/c1-7(16)6-15-11-5-9-4-10(9)12(11)13(14-15)8-2-3-8/h8-10H,2-6H2,1H3. The molecule has 2 saturated carbocycles. The van der Waals surface area contributed by atoms with Crippen LogP contribution in [0.4, 0.5) is 0 Å². The van der Waals surface area contributed by atoms with Gasteiger partial charge in [0.05, 0.1) is 12.2 Å². The maximum atomic E-state index is 11.2. The number of aromatic nitrogens is 2. The molecular formula is C13H16N2O. The molecule has 3 aliphatic carbocycles. The average molecular weight is 216 g/mol. The second-order valence-electron chi connectivity index (χ2n) is 5.69. The third-order valence-corrected chi connectivity index (χ3v) is 4.21. The Morgan fingerprint density at radius 2 is 2.31 bits per heavy atom. The van der Waals surface area contributed by atoms with Crippen LogP contribution >= 0.6 is 0 Å². The number of carbonyl (C=O) groups is 1. The predicted molar refractivity (Wildman–Crippen MR) is 59.4 cm³/mol. The highest BCUT2D eigenvalue weighted by molar-refractivity contribution is 5.75. The molecule has 0 spiro atoms. The molecule has 1 aromatic rings. The van der Waals surface area contributed by atoms with E-state index in [9.17, 15) is 4.79 Å². The van der Waals surface area contributed by atoms with Crippen LogP contribution in [0.5, 0.6) is 0 Å². The molecular weight excluding hydrogens is 200 g/mol. The van der Waals surface area contributed by atoms with E-state index in [4.69, 9.17) is 5.10 Å². The minimum atomic E-state index is 0.216. The van der Waals surface area contributed by atoms with E-state index in [0.29, 0.717) is 6.54 Å². The maximum Gasteiger partial charge on any atom is 0.151 e. The normalized spacial score (nSPS) is 30.1. The molecule has 3 aliphatic rings. The first-order valence-electron chi connectivity index (χ1n) is 6.33. The van der Waals surface area contributed by atoms with E-state index in [0.717, 1.165) is 17.8 Å². The van der Waals surface area contributed by atoms with Gasteiger partial charge in [-0.2, -0.15) is 5.10 Å². The van der Waals surface area contributed by atoms with Crippen LogP contribution < -0.4 is 0 Å². The van der Waals surface area contributed by atoms with E-state index in [1.54, 1.807) is 12.5 Å². The lowest BCUT2D eigenvalue weighted by molar-refractivity contribution is -0.117. The summed E-state index contributed by atoms with van der Waals surface area (Å²) in [4.78, 5) is 11.2. The summed E-state index contributed by atoms with van der Waals surface area (Å²) in [6.07, 6.45) is 5.16. The summed E-state index contributed by atoms with van der Waals surface area (Å²) in [5.74, 6) is 2.64. The summed E-state index contributed by atoms with van der Waals surface area (Å²) < 4.78 is 2.00. The van der Waals surface area contributed by atoms with Gasteiger partial charge in [-0.05, 0) is 44.4 Å². The highest BCUT2D eigenvalue weighted by Gasteiger charge is 2.50. The van der Waals surface area contributed by atoms with Crippen LogP contribution in [-0.2, 0) is 17.8 Å². The molecule has 0 radical (unpaired) electrons. The average Bonchev–Trinajstić information content (AvgIpc) is 3.11. The highest BCUT2D eigenvalue weighted by Crippen LogP contribution is 2.59. The minimum Gasteiger partial charge on any atom is -0.298 e. The second kappa shape index (κ2) is 2.76. The van der Waals surface area contributed by atoms with E-state index in [1.165, 1.54) is 37.1 Å². The van der Waals surface area contributed by atoms with Gasteiger partial charge in [0.1, 0.15) is 0 Å². The number of carbonyl (C=O) groups excluding carboxylic acids is 1. The zero-order valence-electron chi connectivity index (χ0n) is 9.57. The van der Waals surface area contributed by atoms with E-state index < -0.39 is 0 Å². The molecule has 3 heteroatoms. The number of rotatable bonds is 3. The SMILES string of the molecule is CC(=O)Cn1nc(C2CC2)c2c1CC1CC21. The summed E-state index contributed by atoms with van der Waals surface area (Å²) in [5, 5.41) is 4.71. The largest absolute Gasteiger partial charge is 0.298 e. The first-order valence-corrected chi connectivity index (χ1v) is 6.33. The van der Waals surface area contributed by atoms with Crippen LogP contribution in [0.1, 0.15) is 55.0 Å². The Labute approximate surface area is 94.8 Å². The van der Waals surface area contributed by atoms with Crippen molar-refractivity contribution in [2.45, 2.75) is 51.0 Å². The summed E-state index contributed by atoms with van der Waals surface area (Å²) in [6.45, 7) is 2.13. The lowest BCUT2D eigenvalue weighted by Gasteiger charge is -2.02. The molecule has 16 heavy (non-hydrogen) atoms. The zero-order valence-corrected chi connectivity index (χ0v) is 9.57. The van der Waals surface area contributed by atoms with Gasteiger partial charge in [0, 0.05) is 17.2 Å². The number of hydrogen-bond acceptors (Lipinski definition) is 2. The van der Waals surface area contributed by atoms with Crippen molar-refractivity contribution in [3.63, 3.8) is 0 Å². The number of fused-ring (bicyclic) bond motifs is 3. The Kier molecular flexibility index (Phi) is 1.55. The Bertz CT molecular complexity index is 484. The van der Waals surface area contributed by atoms with Gasteiger partial charge in [0.25, 0.3) is 0 Å². The molecule has 4 rings (SSSR count). The molecule has 3 nitrogen and oxygen atoms in total. The fourth-order valence-electron chi connectivity index (χ4n) is 3.23. The van der Waals surface area contributed by atoms with Crippen molar-refractivity contribution in [3.8, 4) is 0 Å². The fourth-order valence-corrected chi connectivity index (χ4v) is 3.23. The maximum absolute atomic E-state index is 11.2. The van der Waals surface area contributed by atoms with Crippen molar-refractivity contribution in [2.75, 3.05) is 0 Å². The summed E-state index contributed by atoms with van der Waals surface area (Å²) in [7, 11) is 0. The van der Waals surface area contributed by atoms with Crippen molar-refractivity contribution >= 4 is 5.78 Å². The van der Waals surface area contributed by atoms with Gasteiger partial charge in [-0.15, -0.1) is 0 Å². The van der Waals surface area contributed by atoms with Crippen molar-refractivity contribution < 1.29 is 4.79 Å². The quantitative estimate of drug-likeness (QED) is 0.774. The van der Waals surface area contributed by atoms with Gasteiger partial charge in [-0.1, -0.05) is 0 Å². The van der Waals surface area contributed by atoms with Crippen LogP contribution in [0.15, 0.2) is 0 Å². The molecule has 0 amide bonds. The molecule has 0 aliphatic heterocycles. The molecule has 1 aromatic heterocycles. The van der Waals surface area contributed by atoms with Gasteiger partial charge >= 0.3 is 0 Å². The van der Waals surface area contributed by atoms with Gasteiger partial charge in [0.2, 0.25) is 0 Å². The predicted octanol–water partition coefficient (Wildman–Crippen LogP) is 2.01. The Balaban J connectivity index is 1.80. The number of Topliss-reactive ketones (excluding diaryl/α,β-unsaturated/α-hetero) is 1. The molecule has 0 saturated heterocycles. The lowest BCUT2D eigenvalue weighted by atomic mass is 10.1. The van der Waals surface area contributed by atoms with E-state index in [1.807, 2.05) is 4.68 Å². The Morgan fingerprint density at radius 1 is 1.50 bits per heavy atom. The van der Waals surface area contributed by atoms with Gasteiger partial charge < -0.3 is 0 Å². The van der Waals surface area contributed by atoms with Gasteiger partial charge in [-0.25, -0.2) is 0 Å². The summed E-state index contributed by atoms with van der Waals surface area (Å²) >= 11 is 0. The Hall–Kier alpha value is -1.12. The minimum absolute atomic E-state index is 0.216.